The number of nitriles is 2. The molecule has 0 amide bonds. The SMILES string of the molecule is Cc1ccc(C2CC(=O)Oc3c2c2nc(C#N)c(C#N)nc2c2ccccc32)cc1. The number of fused-ring (bicyclic) bond motifs is 6. The Morgan fingerprint density at radius 2 is 1.57 bits per heavy atom. The largest absolute Gasteiger partial charge is 0.425 e. The highest BCUT2D eigenvalue weighted by Gasteiger charge is 2.33. The molecular formula is C24H14N4O2. The maximum absolute atomic E-state index is 12.5. The average Bonchev–Trinajstić information content (AvgIpc) is 2.78. The minimum absolute atomic E-state index is 0.0187. The number of hydrogen-bond donors (Lipinski definition) is 0. The van der Waals surface area contributed by atoms with Crippen molar-refractivity contribution in [3.8, 4) is 17.9 Å². The predicted octanol–water partition coefficient (Wildman–Crippen LogP) is 4.28. The van der Waals surface area contributed by atoms with E-state index in [-0.39, 0.29) is 29.7 Å². The highest BCUT2D eigenvalue weighted by atomic mass is 16.5. The van der Waals surface area contributed by atoms with E-state index in [2.05, 4.69) is 9.97 Å². The van der Waals surface area contributed by atoms with Crippen molar-refractivity contribution in [2.45, 2.75) is 19.3 Å². The second-order valence-electron chi connectivity index (χ2n) is 7.27. The van der Waals surface area contributed by atoms with Crippen LogP contribution in [0.1, 0.15) is 40.4 Å². The fourth-order valence-corrected chi connectivity index (χ4v) is 4.05. The average molecular weight is 390 g/mol. The zero-order chi connectivity index (χ0) is 20.8. The highest BCUT2D eigenvalue weighted by Crippen LogP contribution is 2.46. The van der Waals surface area contributed by atoms with Crippen LogP contribution in [0.15, 0.2) is 48.5 Å². The van der Waals surface area contributed by atoms with Crippen LogP contribution in [0, 0.1) is 29.6 Å². The van der Waals surface area contributed by atoms with Gasteiger partial charge in [-0.2, -0.15) is 10.5 Å². The van der Waals surface area contributed by atoms with Crippen molar-refractivity contribution >= 4 is 27.8 Å². The number of esters is 1. The van der Waals surface area contributed by atoms with Crippen LogP contribution in [0.25, 0.3) is 21.8 Å². The van der Waals surface area contributed by atoms with Crippen molar-refractivity contribution in [1.29, 1.82) is 10.5 Å². The number of aryl methyl sites for hydroxylation is 1. The summed E-state index contributed by atoms with van der Waals surface area (Å²) in [6.45, 7) is 2.00. The van der Waals surface area contributed by atoms with Crippen molar-refractivity contribution in [3.63, 3.8) is 0 Å². The van der Waals surface area contributed by atoms with E-state index >= 15 is 0 Å². The first-order chi connectivity index (χ1) is 14.6. The summed E-state index contributed by atoms with van der Waals surface area (Å²) in [5.41, 5.74) is 3.75. The molecule has 0 bridgehead atoms. The first-order valence-electron chi connectivity index (χ1n) is 9.44. The highest BCUT2D eigenvalue weighted by molar-refractivity contribution is 6.11. The van der Waals surface area contributed by atoms with E-state index in [4.69, 9.17) is 4.74 Å². The van der Waals surface area contributed by atoms with Crippen molar-refractivity contribution in [3.05, 3.63) is 76.6 Å². The Labute approximate surface area is 172 Å². The van der Waals surface area contributed by atoms with E-state index in [1.54, 1.807) is 0 Å². The van der Waals surface area contributed by atoms with Gasteiger partial charge in [0, 0.05) is 22.3 Å². The van der Waals surface area contributed by atoms with E-state index in [1.165, 1.54) is 0 Å². The molecule has 3 aromatic carbocycles. The van der Waals surface area contributed by atoms with E-state index in [0.29, 0.717) is 16.8 Å². The van der Waals surface area contributed by atoms with E-state index in [0.717, 1.165) is 27.5 Å². The Balaban J connectivity index is 1.95. The summed E-state index contributed by atoms with van der Waals surface area (Å²) in [5, 5.41) is 20.4. The number of aromatic nitrogens is 2. The summed E-state index contributed by atoms with van der Waals surface area (Å²) >= 11 is 0. The van der Waals surface area contributed by atoms with Crippen LogP contribution in [0.4, 0.5) is 0 Å². The normalized spacial score (nSPS) is 15.3. The van der Waals surface area contributed by atoms with Crippen LogP contribution >= 0.6 is 0 Å². The van der Waals surface area contributed by atoms with Crippen LogP contribution in [-0.4, -0.2) is 15.9 Å². The lowest BCUT2D eigenvalue weighted by atomic mass is 9.83. The molecule has 2 heterocycles. The zero-order valence-corrected chi connectivity index (χ0v) is 16.0. The molecule has 1 aromatic heterocycles. The summed E-state index contributed by atoms with van der Waals surface area (Å²) in [5.74, 6) is -0.162. The fraction of sp³-hybridized carbons (Fsp3) is 0.125. The van der Waals surface area contributed by atoms with Gasteiger partial charge in [0.05, 0.1) is 17.5 Å². The number of ether oxygens (including phenoxy) is 1. The minimum Gasteiger partial charge on any atom is -0.425 e. The van der Waals surface area contributed by atoms with Crippen molar-refractivity contribution in [1.82, 2.24) is 9.97 Å². The topological polar surface area (TPSA) is 99.7 Å². The molecule has 0 saturated carbocycles. The number of carbonyl (C=O) groups is 1. The Morgan fingerprint density at radius 3 is 2.23 bits per heavy atom. The molecule has 0 radical (unpaired) electrons. The van der Waals surface area contributed by atoms with Gasteiger partial charge in [-0.15, -0.1) is 0 Å². The Morgan fingerprint density at radius 1 is 0.933 bits per heavy atom. The first-order valence-corrected chi connectivity index (χ1v) is 9.44. The van der Waals surface area contributed by atoms with E-state index in [1.807, 2.05) is 67.6 Å². The van der Waals surface area contributed by atoms with Crippen LogP contribution in [0.5, 0.6) is 5.75 Å². The van der Waals surface area contributed by atoms with E-state index < -0.39 is 0 Å². The molecule has 30 heavy (non-hydrogen) atoms. The van der Waals surface area contributed by atoms with Gasteiger partial charge in [-0.05, 0) is 12.5 Å². The van der Waals surface area contributed by atoms with Gasteiger partial charge in [0.15, 0.2) is 11.4 Å². The number of benzene rings is 3. The number of carbonyl (C=O) groups excluding carboxylic acids is 1. The van der Waals surface area contributed by atoms with Gasteiger partial charge in [-0.25, -0.2) is 9.97 Å². The zero-order valence-electron chi connectivity index (χ0n) is 16.0. The second kappa shape index (κ2) is 6.65. The summed E-state index contributed by atoms with van der Waals surface area (Å²) in [6.07, 6.45) is 0.160. The van der Waals surface area contributed by atoms with Gasteiger partial charge >= 0.3 is 5.97 Å². The number of nitrogens with zero attached hydrogens (tertiary/aromatic N) is 4. The molecule has 1 aliphatic rings. The third-order valence-electron chi connectivity index (χ3n) is 5.45. The molecular weight excluding hydrogens is 376 g/mol. The molecule has 1 aliphatic heterocycles. The summed E-state index contributed by atoms with van der Waals surface area (Å²) in [7, 11) is 0. The maximum Gasteiger partial charge on any atom is 0.312 e. The lowest BCUT2D eigenvalue weighted by molar-refractivity contribution is -0.135. The third-order valence-corrected chi connectivity index (χ3v) is 5.45. The Bertz CT molecular complexity index is 1440. The molecule has 0 aliphatic carbocycles. The van der Waals surface area contributed by atoms with E-state index in [9.17, 15) is 15.3 Å². The fourth-order valence-electron chi connectivity index (χ4n) is 4.05. The molecule has 0 spiro atoms. The third kappa shape index (κ3) is 2.59. The van der Waals surface area contributed by atoms with Gasteiger partial charge in [0.1, 0.15) is 17.9 Å². The van der Waals surface area contributed by atoms with Crippen LogP contribution < -0.4 is 4.74 Å². The minimum atomic E-state index is -0.320. The van der Waals surface area contributed by atoms with Gasteiger partial charge in [-0.3, -0.25) is 4.79 Å². The molecule has 142 valence electrons. The molecule has 6 heteroatoms. The Kier molecular flexibility index (Phi) is 3.94. The second-order valence-corrected chi connectivity index (χ2v) is 7.27. The van der Waals surface area contributed by atoms with Gasteiger partial charge in [-0.1, -0.05) is 54.1 Å². The lowest BCUT2D eigenvalue weighted by Gasteiger charge is -2.27. The number of rotatable bonds is 1. The quantitative estimate of drug-likeness (QED) is 0.273. The molecule has 1 unspecified atom stereocenters. The van der Waals surface area contributed by atoms with Gasteiger partial charge in [0.25, 0.3) is 0 Å². The molecule has 0 fully saturated rings. The molecule has 0 N–H and O–H groups in total. The maximum atomic E-state index is 12.5. The standard InChI is InChI=1S/C24H14N4O2/c1-13-6-8-14(9-7-13)17-10-20(29)30-24-16-5-3-2-4-15(16)22-23(21(17)24)28-19(12-26)18(11-25)27-22/h2-9,17H,10H2,1H3. The lowest BCUT2D eigenvalue weighted by Crippen LogP contribution is -2.22. The molecule has 5 rings (SSSR count). The van der Waals surface area contributed by atoms with Crippen LogP contribution in [0.2, 0.25) is 0 Å². The monoisotopic (exact) mass is 390 g/mol. The van der Waals surface area contributed by atoms with Gasteiger partial charge in [0.2, 0.25) is 0 Å². The summed E-state index contributed by atoms with van der Waals surface area (Å²) < 4.78 is 5.70. The molecule has 6 nitrogen and oxygen atoms in total. The molecule has 4 aromatic rings. The summed E-state index contributed by atoms with van der Waals surface area (Å²) in [4.78, 5) is 21.5. The predicted molar refractivity (Wildman–Crippen MR) is 110 cm³/mol. The first kappa shape index (κ1) is 17.8. The molecule has 0 saturated heterocycles. The smallest absolute Gasteiger partial charge is 0.312 e. The van der Waals surface area contributed by atoms with Crippen molar-refractivity contribution in [2.75, 3.05) is 0 Å². The summed E-state index contributed by atoms with van der Waals surface area (Å²) in [6, 6.07) is 19.3. The Hall–Kier alpha value is -4.29. The van der Waals surface area contributed by atoms with Crippen LogP contribution in [0.3, 0.4) is 0 Å². The molecule has 1 atom stereocenters. The van der Waals surface area contributed by atoms with Crippen LogP contribution in [-0.2, 0) is 4.79 Å². The van der Waals surface area contributed by atoms with Crippen molar-refractivity contribution < 1.29 is 9.53 Å². The van der Waals surface area contributed by atoms with Crippen molar-refractivity contribution in [2.24, 2.45) is 0 Å². The van der Waals surface area contributed by atoms with Gasteiger partial charge < -0.3 is 4.74 Å². The number of hydrogen-bond acceptors (Lipinski definition) is 6.